The van der Waals surface area contributed by atoms with Crippen molar-refractivity contribution in [2.24, 2.45) is 4.99 Å². The molecular formula is C28H45BFN3O8S. The zero-order valence-corrected chi connectivity index (χ0v) is 27.9. The minimum Gasteiger partial charge on any atom is -0.443 e. The summed E-state index contributed by atoms with van der Waals surface area (Å²) in [4.78, 5) is 31.2. The number of guanidine groups is 1. The van der Waals surface area contributed by atoms with Crippen molar-refractivity contribution in [3.05, 3.63) is 35.6 Å². The van der Waals surface area contributed by atoms with E-state index in [2.05, 4.69) is 11.6 Å². The Balaban J connectivity index is 2.56. The number of hydrogen-bond acceptors (Lipinski definition) is 9. The van der Waals surface area contributed by atoms with Crippen LogP contribution >= 0.6 is 0 Å². The third-order valence-corrected chi connectivity index (χ3v) is 8.84. The van der Waals surface area contributed by atoms with Crippen LogP contribution < -0.4 is 0 Å². The summed E-state index contributed by atoms with van der Waals surface area (Å²) in [5.74, 6) is -2.17. The molecule has 0 bridgehead atoms. The fourth-order valence-corrected chi connectivity index (χ4v) is 5.28. The van der Waals surface area contributed by atoms with Gasteiger partial charge in [-0.25, -0.2) is 31.7 Å². The molecule has 0 aromatic rings. The van der Waals surface area contributed by atoms with Crippen LogP contribution in [0.3, 0.4) is 0 Å². The highest BCUT2D eigenvalue weighted by Crippen LogP contribution is 2.39. The number of nitrogens with zero attached hydrogens (tertiary/aromatic N) is 3. The Bertz CT molecular complexity index is 1280. The molecule has 2 aliphatic heterocycles. The predicted molar refractivity (Wildman–Crippen MR) is 160 cm³/mol. The summed E-state index contributed by atoms with van der Waals surface area (Å²) in [5.41, 5.74) is -4.80. The van der Waals surface area contributed by atoms with Gasteiger partial charge in [-0.3, -0.25) is 0 Å². The number of allylic oxidation sites excluding steroid dienone is 3. The van der Waals surface area contributed by atoms with E-state index in [9.17, 15) is 18.0 Å². The number of halogens is 1. The summed E-state index contributed by atoms with van der Waals surface area (Å²) in [6.45, 7) is 23.9. The largest absolute Gasteiger partial charge is 0.490 e. The van der Waals surface area contributed by atoms with Crippen molar-refractivity contribution >= 4 is 35.3 Å². The van der Waals surface area contributed by atoms with Crippen LogP contribution in [-0.4, -0.2) is 83.6 Å². The average Bonchev–Trinajstić information content (AvgIpc) is 2.98. The van der Waals surface area contributed by atoms with Gasteiger partial charge >= 0.3 is 19.3 Å². The van der Waals surface area contributed by atoms with Gasteiger partial charge in [-0.2, -0.15) is 0 Å². The second kappa shape index (κ2) is 11.4. The van der Waals surface area contributed by atoms with Crippen molar-refractivity contribution in [3.8, 4) is 0 Å². The van der Waals surface area contributed by atoms with Crippen LogP contribution in [0.2, 0.25) is 0 Å². The Labute approximate surface area is 250 Å². The van der Waals surface area contributed by atoms with Crippen LogP contribution in [0.5, 0.6) is 0 Å². The number of aliphatic imine (C=N–C) groups is 1. The van der Waals surface area contributed by atoms with Crippen LogP contribution in [0.15, 0.2) is 40.6 Å². The topological polar surface area (TPSA) is 124 Å². The molecule has 0 N–H and O–H groups in total. The van der Waals surface area contributed by atoms with Gasteiger partial charge in [0.25, 0.3) is 0 Å². The molecule has 0 aromatic carbocycles. The molecule has 0 spiro atoms. The van der Waals surface area contributed by atoms with Crippen molar-refractivity contribution in [3.63, 3.8) is 0 Å². The van der Waals surface area contributed by atoms with E-state index in [4.69, 9.17) is 18.8 Å². The molecule has 2 amide bonds. The number of carbonyl (C=O) groups excluding carboxylic acids is 2. The molecule has 2 aliphatic rings. The highest BCUT2D eigenvalue weighted by Gasteiger charge is 2.52. The van der Waals surface area contributed by atoms with Gasteiger partial charge in [0.2, 0.25) is 16.0 Å². The number of imide groups is 1. The first-order chi connectivity index (χ1) is 18.6. The lowest BCUT2D eigenvalue weighted by Gasteiger charge is -2.39. The second-order valence-corrected chi connectivity index (χ2v) is 15.7. The summed E-state index contributed by atoms with van der Waals surface area (Å²) < 4.78 is 65.6. The summed E-state index contributed by atoms with van der Waals surface area (Å²) >= 11 is 0. The van der Waals surface area contributed by atoms with Gasteiger partial charge in [0.05, 0.1) is 17.0 Å². The SMILES string of the molecule is C=C(/C(F)=C\C=C(/C)B1OC(C)(C)C(C)(C)O1)[C@]1(C)CS(=O)(=O)N(C)C(N(C(=O)OC(C)(C)C)C(=O)OC(C)(C)C)=N1. The van der Waals surface area contributed by atoms with E-state index in [1.165, 1.54) is 13.0 Å². The first-order valence-electron chi connectivity index (χ1n) is 13.5. The highest BCUT2D eigenvalue weighted by atomic mass is 32.2. The van der Waals surface area contributed by atoms with Gasteiger partial charge in [-0.05, 0) is 94.6 Å². The zero-order chi connectivity index (χ0) is 32.9. The van der Waals surface area contributed by atoms with Gasteiger partial charge in [0.1, 0.15) is 22.6 Å². The first kappa shape index (κ1) is 35.5. The van der Waals surface area contributed by atoms with Crippen molar-refractivity contribution in [2.45, 2.75) is 111 Å². The summed E-state index contributed by atoms with van der Waals surface area (Å²) in [7, 11) is -3.82. The number of ether oxygens (including phenoxy) is 2. The van der Waals surface area contributed by atoms with Crippen molar-refractivity contribution in [1.82, 2.24) is 9.21 Å². The van der Waals surface area contributed by atoms with E-state index in [-0.39, 0.29) is 5.57 Å². The number of carbonyl (C=O) groups is 2. The average molecular weight is 614 g/mol. The van der Waals surface area contributed by atoms with Crippen LogP contribution in [0.1, 0.15) is 83.1 Å². The lowest BCUT2D eigenvalue weighted by molar-refractivity contribution is 0.00578. The second-order valence-electron chi connectivity index (χ2n) is 13.7. The monoisotopic (exact) mass is 613 g/mol. The minimum absolute atomic E-state index is 0.289. The van der Waals surface area contributed by atoms with E-state index < -0.39 is 74.8 Å². The molecule has 14 heteroatoms. The molecule has 1 fully saturated rings. The van der Waals surface area contributed by atoms with Crippen LogP contribution in [0.4, 0.5) is 14.0 Å². The van der Waals surface area contributed by atoms with Crippen molar-refractivity contribution in [1.29, 1.82) is 0 Å². The molecule has 0 saturated carbocycles. The first-order valence-corrected chi connectivity index (χ1v) is 15.2. The molecule has 1 atom stereocenters. The van der Waals surface area contributed by atoms with Crippen LogP contribution in [0.25, 0.3) is 0 Å². The number of amides is 2. The molecule has 0 aliphatic carbocycles. The van der Waals surface area contributed by atoms with Gasteiger partial charge in [-0.1, -0.05) is 12.7 Å². The Morgan fingerprint density at radius 2 is 1.43 bits per heavy atom. The number of hydrogen-bond donors (Lipinski definition) is 0. The Morgan fingerprint density at radius 3 is 1.83 bits per heavy atom. The fourth-order valence-electron chi connectivity index (χ4n) is 3.77. The van der Waals surface area contributed by atoms with Gasteiger partial charge in [0.15, 0.2) is 0 Å². The third kappa shape index (κ3) is 8.01. The third-order valence-electron chi connectivity index (χ3n) is 6.92. The molecule has 2 rings (SSSR count). The Hall–Kier alpha value is -2.71. The maximum Gasteiger partial charge on any atom is 0.490 e. The van der Waals surface area contributed by atoms with Crippen molar-refractivity contribution < 1.29 is 41.2 Å². The molecule has 0 radical (unpaired) electrons. The molecule has 2 heterocycles. The highest BCUT2D eigenvalue weighted by molar-refractivity contribution is 7.89. The normalized spacial score (nSPS) is 24.2. The Kier molecular flexibility index (Phi) is 9.65. The standard InChI is InChI=1S/C28H45BFN3O8S/c1-18(29-40-26(9,10)27(11,12)41-29)15-16-20(30)19(2)28(13)17-42(36,37)32(14)21(31-28)33(22(34)38-24(3,4)5)23(35)39-25(6,7)8/h15-16H,2,17H2,1,3-14H3/b18-15+,20-16+/t28-/m0/s1. The molecule has 42 heavy (non-hydrogen) atoms. The lowest BCUT2D eigenvalue weighted by atomic mass is 9.79. The van der Waals surface area contributed by atoms with Crippen molar-refractivity contribution in [2.75, 3.05) is 12.8 Å². The van der Waals surface area contributed by atoms with E-state index in [0.29, 0.717) is 14.7 Å². The van der Waals surface area contributed by atoms with Gasteiger partial charge < -0.3 is 18.8 Å². The van der Waals surface area contributed by atoms with Crippen LogP contribution in [0, 0.1) is 0 Å². The van der Waals surface area contributed by atoms with E-state index in [0.717, 1.165) is 13.1 Å². The van der Waals surface area contributed by atoms with E-state index in [1.54, 1.807) is 48.5 Å². The Morgan fingerprint density at radius 1 is 1.00 bits per heavy atom. The predicted octanol–water partition coefficient (Wildman–Crippen LogP) is 5.54. The van der Waals surface area contributed by atoms with Crippen LogP contribution in [-0.2, 0) is 28.8 Å². The molecule has 0 aromatic heterocycles. The molecule has 11 nitrogen and oxygen atoms in total. The fraction of sp³-hybridized carbons (Fsp3) is 0.679. The minimum atomic E-state index is -4.23. The summed E-state index contributed by atoms with van der Waals surface area (Å²) in [5, 5.41) is 0. The number of sulfonamides is 1. The summed E-state index contributed by atoms with van der Waals surface area (Å²) in [6, 6.07) is 0. The smallest absolute Gasteiger partial charge is 0.443 e. The molecule has 236 valence electrons. The molecule has 1 saturated heterocycles. The van der Waals surface area contributed by atoms with E-state index in [1.807, 2.05) is 27.7 Å². The lowest BCUT2D eigenvalue weighted by Crippen LogP contribution is -2.58. The maximum atomic E-state index is 15.6. The molecular weight excluding hydrogens is 568 g/mol. The zero-order valence-electron chi connectivity index (χ0n) is 27.0. The quantitative estimate of drug-likeness (QED) is 0.299. The maximum absolute atomic E-state index is 15.6. The van der Waals surface area contributed by atoms with Gasteiger partial charge in [0, 0.05) is 12.6 Å². The number of rotatable bonds is 4. The molecule has 0 unspecified atom stereocenters. The summed E-state index contributed by atoms with van der Waals surface area (Å²) in [6.07, 6.45) is 0.135. The van der Waals surface area contributed by atoms with Gasteiger partial charge in [-0.15, -0.1) is 4.90 Å². The van der Waals surface area contributed by atoms with E-state index >= 15 is 4.39 Å².